The molecule has 0 fully saturated rings. The standard InChI is InChI=1S/C12H19NO/c1-3-5-7-10-13-11-8-6-9-12(14)4-2/h6-8,10-11H,3-5,9H2,1-2H3/b8-6-,10-7?,13-11?. The zero-order chi connectivity index (χ0) is 10.6. The highest BCUT2D eigenvalue weighted by Gasteiger charge is 1.90. The van der Waals surface area contributed by atoms with Crippen molar-refractivity contribution in [2.45, 2.75) is 39.5 Å². The molecular formula is C12H19NO. The number of hydrogen-bond donors (Lipinski definition) is 0. The maximum atomic E-state index is 10.9. The fourth-order valence-corrected chi connectivity index (χ4v) is 0.806. The van der Waals surface area contributed by atoms with E-state index in [1.54, 1.807) is 12.4 Å². The lowest BCUT2D eigenvalue weighted by atomic mass is 10.2. The Kier molecular flexibility index (Phi) is 9.07. The average Bonchev–Trinajstić information content (AvgIpc) is 2.21. The van der Waals surface area contributed by atoms with Gasteiger partial charge in [0, 0.05) is 25.3 Å². The highest BCUT2D eigenvalue weighted by molar-refractivity contribution is 5.81. The molecule has 2 nitrogen and oxygen atoms in total. The number of aliphatic imine (C=N–C) groups is 1. The van der Waals surface area contributed by atoms with Gasteiger partial charge in [0.05, 0.1) is 0 Å². The molecule has 0 radical (unpaired) electrons. The Morgan fingerprint density at radius 1 is 1.29 bits per heavy atom. The van der Waals surface area contributed by atoms with Gasteiger partial charge >= 0.3 is 0 Å². The maximum absolute atomic E-state index is 10.9. The van der Waals surface area contributed by atoms with Crippen molar-refractivity contribution in [1.82, 2.24) is 0 Å². The highest BCUT2D eigenvalue weighted by Crippen LogP contribution is 1.90. The van der Waals surface area contributed by atoms with Crippen LogP contribution in [-0.4, -0.2) is 12.0 Å². The van der Waals surface area contributed by atoms with Gasteiger partial charge in [0.1, 0.15) is 5.78 Å². The quantitative estimate of drug-likeness (QED) is 0.570. The molecule has 0 amide bonds. The van der Waals surface area contributed by atoms with E-state index < -0.39 is 0 Å². The smallest absolute Gasteiger partial charge is 0.136 e. The van der Waals surface area contributed by atoms with Crippen LogP contribution in [0.3, 0.4) is 0 Å². The summed E-state index contributed by atoms with van der Waals surface area (Å²) in [6, 6.07) is 0. The van der Waals surface area contributed by atoms with Crippen molar-refractivity contribution < 1.29 is 4.79 Å². The van der Waals surface area contributed by atoms with Crippen molar-refractivity contribution in [1.29, 1.82) is 0 Å². The number of Topliss-reactive ketones (excluding diaryl/α,β-unsaturated/α-hetero) is 1. The number of ketones is 1. The van der Waals surface area contributed by atoms with Gasteiger partial charge in [0.2, 0.25) is 0 Å². The van der Waals surface area contributed by atoms with Crippen molar-refractivity contribution >= 4 is 12.0 Å². The van der Waals surface area contributed by atoms with Crippen LogP contribution in [0.4, 0.5) is 0 Å². The summed E-state index contributed by atoms with van der Waals surface area (Å²) in [5, 5.41) is 0. The minimum Gasteiger partial charge on any atom is -0.299 e. The third kappa shape index (κ3) is 8.91. The molecule has 0 aliphatic rings. The Morgan fingerprint density at radius 2 is 2.07 bits per heavy atom. The zero-order valence-electron chi connectivity index (χ0n) is 9.07. The van der Waals surface area contributed by atoms with Crippen LogP contribution in [0.5, 0.6) is 0 Å². The van der Waals surface area contributed by atoms with Gasteiger partial charge in [0.25, 0.3) is 0 Å². The largest absolute Gasteiger partial charge is 0.299 e. The lowest BCUT2D eigenvalue weighted by Crippen LogP contribution is -1.90. The molecule has 0 saturated heterocycles. The minimum atomic E-state index is 0.260. The molecule has 0 aromatic carbocycles. The van der Waals surface area contributed by atoms with Crippen molar-refractivity contribution in [3.05, 3.63) is 24.4 Å². The van der Waals surface area contributed by atoms with Crippen molar-refractivity contribution in [2.24, 2.45) is 4.99 Å². The number of nitrogens with zero attached hydrogens (tertiary/aromatic N) is 1. The molecule has 0 bridgehead atoms. The predicted molar refractivity (Wildman–Crippen MR) is 61.6 cm³/mol. The van der Waals surface area contributed by atoms with E-state index in [2.05, 4.69) is 11.9 Å². The van der Waals surface area contributed by atoms with E-state index in [-0.39, 0.29) is 5.78 Å². The Hall–Kier alpha value is -1.18. The molecule has 0 N–H and O–H groups in total. The van der Waals surface area contributed by atoms with Crippen LogP contribution in [0.25, 0.3) is 0 Å². The molecule has 0 aromatic rings. The van der Waals surface area contributed by atoms with Crippen molar-refractivity contribution in [2.75, 3.05) is 0 Å². The second-order valence-corrected chi connectivity index (χ2v) is 3.00. The molecule has 0 atom stereocenters. The SMILES string of the molecule is CCCC=CN=C/C=C\CC(=O)CC. The molecule has 78 valence electrons. The van der Waals surface area contributed by atoms with E-state index in [0.29, 0.717) is 12.8 Å². The molecule has 0 aromatic heterocycles. The molecule has 0 aliphatic carbocycles. The number of allylic oxidation sites excluding steroid dienone is 3. The monoisotopic (exact) mass is 193 g/mol. The van der Waals surface area contributed by atoms with Crippen LogP contribution in [0, 0.1) is 0 Å². The van der Waals surface area contributed by atoms with Gasteiger partial charge in [-0.2, -0.15) is 0 Å². The molecule has 14 heavy (non-hydrogen) atoms. The first kappa shape index (κ1) is 12.8. The molecule has 0 heterocycles. The van der Waals surface area contributed by atoms with Gasteiger partial charge in [-0.05, 0) is 12.5 Å². The average molecular weight is 193 g/mol. The minimum absolute atomic E-state index is 0.260. The van der Waals surface area contributed by atoms with Crippen LogP contribution < -0.4 is 0 Å². The summed E-state index contributed by atoms with van der Waals surface area (Å²) < 4.78 is 0. The van der Waals surface area contributed by atoms with Crippen LogP contribution in [-0.2, 0) is 4.79 Å². The van der Waals surface area contributed by atoms with E-state index in [0.717, 1.165) is 12.8 Å². The van der Waals surface area contributed by atoms with Crippen LogP contribution in [0.15, 0.2) is 29.4 Å². The van der Waals surface area contributed by atoms with Gasteiger partial charge in [-0.15, -0.1) is 0 Å². The van der Waals surface area contributed by atoms with Crippen LogP contribution >= 0.6 is 0 Å². The second kappa shape index (κ2) is 9.90. The molecule has 2 heteroatoms. The number of unbranched alkanes of at least 4 members (excludes halogenated alkanes) is 1. The summed E-state index contributed by atoms with van der Waals surface area (Å²) in [4.78, 5) is 14.9. The molecule has 0 saturated carbocycles. The molecule has 0 spiro atoms. The van der Waals surface area contributed by atoms with E-state index in [1.165, 1.54) is 0 Å². The van der Waals surface area contributed by atoms with Crippen LogP contribution in [0.2, 0.25) is 0 Å². The van der Waals surface area contributed by atoms with Crippen molar-refractivity contribution in [3.63, 3.8) is 0 Å². The summed E-state index contributed by atoms with van der Waals surface area (Å²) in [6.45, 7) is 4.00. The lowest BCUT2D eigenvalue weighted by molar-refractivity contribution is -0.117. The van der Waals surface area contributed by atoms with Crippen molar-refractivity contribution in [3.8, 4) is 0 Å². The first-order chi connectivity index (χ1) is 6.81. The van der Waals surface area contributed by atoms with Crippen LogP contribution in [0.1, 0.15) is 39.5 Å². The summed E-state index contributed by atoms with van der Waals surface area (Å²) in [5.41, 5.74) is 0. The predicted octanol–water partition coefficient (Wildman–Crippen LogP) is 3.30. The first-order valence-electron chi connectivity index (χ1n) is 5.16. The topological polar surface area (TPSA) is 29.4 Å². The number of carbonyl (C=O) groups is 1. The van der Waals surface area contributed by atoms with Gasteiger partial charge in [-0.3, -0.25) is 9.79 Å². The summed E-state index contributed by atoms with van der Waals surface area (Å²) >= 11 is 0. The van der Waals surface area contributed by atoms with Gasteiger partial charge < -0.3 is 0 Å². The zero-order valence-corrected chi connectivity index (χ0v) is 9.07. The third-order valence-corrected chi connectivity index (χ3v) is 1.69. The summed E-state index contributed by atoms with van der Waals surface area (Å²) in [5.74, 6) is 0.260. The fourth-order valence-electron chi connectivity index (χ4n) is 0.806. The highest BCUT2D eigenvalue weighted by atomic mass is 16.1. The van der Waals surface area contributed by atoms with E-state index in [9.17, 15) is 4.79 Å². The number of rotatable bonds is 7. The van der Waals surface area contributed by atoms with E-state index in [1.807, 2.05) is 25.2 Å². The summed E-state index contributed by atoms with van der Waals surface area (Å²) in [7, 11) is 0. The maximum Gasteiger partial charge on any atom is 0.136 e. The van der Waals surface area contributed by atoms with E-state index >= 15 is 0 Å². The van der Waals surface area contributed by atoms with Gasteiger partial charge in [0.15, 0.2) is 0 Å². The molecule has 0 unspecified atom stereocenters. The Balaban J connectivity index is 3.55. The molecular weight excluding hydrogens is 174 g/mol. The fraction of sp³-hybridized carbons (Fsp3) is 0.500. The third-order valence-electron chi connectivity index (χ3n) is 1.69. The number of carbonyl (C=O) groups excluding carboxylic acids is 1. The molecule has 0 rings (SSSR count). The van der Waals surface area contributed by atoms with Gasteiger partial charge in [-0.25, -0.2) is 0 Å². The Bertz CT molecular complexity index is 226. The van der Waals surface area contributed by atoms with E-state index in [4.69, 9.17) is 0 Å². The lowest BCUT2D eigenvalue weighted by Gasteiger charge is -1.86. The number of hydrogen-bond acceptors (Lipinski definition) is 2. The summed E-state index contributed by atoms with van der Waals surface area (Å²) in [6.07, 6.45) is 12.5. The first-order valence-corrected chi connectivity index (χ1v) is 5.16. The van der Waals surface area contributed by atoms with Gasteiger partial charge in [-0.1, -0.05) is 32.4 Å². The molecule has 0 aliphatic heterocycles. The Morgan fingerprint density at radius 3 is 2.71 bits per heavy atom. The normalized spacial score (nSPS) is 12.1. The Labute approximate surface area is 86.4 Å². The second-order valence-electron chi connectivity index (χ2n) is 3.00.